The van der Waals surface area contributed by atoms with Gasteiger partial charge in [-0.3, -0.25) is 0 Å². The molecule has 1 aromatic carbocycles. The highest BCUT2D eigenvalue weighted by Crippen LogP contribution is 2.10. The van der Waals surface area contributed by atoms with Crippen molar-refractivity contribution in [3.05, 3.63) is 35.9 Å². The minimum absolute atomic E-state index is 0.316. The molecule has 0 aromatic heterocycles. The van der Waals surface area contributed by atoms with E-state index in [0.29, 0.717) is 5.75 Å². The van der Waals surface area contributed by atoms with Crippen LogP contribution in [0.2, 0.25) is 0 Å². The molecule has 2 nitrogen and oxygen atoms in total. The number of hydrogen-bond donors (Lipinski definition) is 1. The summed E-state index contributed by atoms with van der Waals surface area (Å²) in [5.74, 6) is 0.316. The van der Waals surface area contributed by atoms with E-state index in [9.17, 15) is 0 Å². The summed E-state index contributed by atoms with van der Waals surface area (Å²) in [6.07, 6.45) is 4.23. The van der Waals surface area contributed by atoms with Crippen LogP contribution in [0, 0.1) is 0 Å². The monoisotopic (exact) mass is 205 g/mol. The lowest BCUT2D eigenvalue weighted by Gasteiger charge is -2.14. The Morgan fingerprint density at radius 1 is 1.13 bits per heavy atom. The Hall–Kier alpha value is -1.28. The number of likely N-dealkylation sites (N-methyl/N-ethyl adjacent to an activating group) is 1. The van der Waals surface area contributed by atoms with E-state index in [1.54, 1.807) is 12.1 Å². The van der Waals surface area contributed by atoms with E-state index in [-0.39, 0.29) is 0 Å². The van der Waals surface area contributed by atoms with Crippen LogP contribution in [0.5, 0.6) is 5.75 Å². The average Bonchev–Trinajstić information content (AvgIpc) is 2.27. The lowest BCUT2D eigenvalue weighted by atomic mass is 10.2. The summed E-state index contributed by atoms with van der Waals surface area (Å²) < 4.78 is 0. The first-order valence-corrected chi connectivity index (χ1v) is 5.44. The SMILES string of the molecule is CCN(CC)CC=Cc1ccc(O)cc1. The molecule has 0 bridgehead atoms. The third-order valence-corrected chi connectivity index (χ3v) is 2.46. The Bertz CT molecular complexity index is 299. The highest BCUT2D eigenvalue weighted by Gasteiger charge is 1.93. The standard InChI is InChI=1S/C13H19NO/c1-3-14(4-2)11-5-6-12-7-9-13(15)10-8-12/h5-10,15H,3-4,11H2,1-2H3. The van der Waals surface area contributed by atoms with Crippen molar-refractivity contribution < 1.29 is 5.11 Å². The van der Waals surface area contributed by atoms with Crippen LogP contribution >= 0.6 is 0 Å². The van der Waals surface area contributed by atoms with Crippen LogP contribution in [0.4, 0.5) is 0 Å². The zero-order chi connectivity index (χ0) is 11.1. The average molecular weight is 205 g/mol. The lowest BCUT2D eigenvalue weighted by molar-refractivity contribution is 0.338. The summed E-state index contributed by atoms with van der Waals surface area (Å²) in [6, 6.07) is 7.23. The van der Waals surface area contributed by atoms with Gasteiger partial charge in [0.15, 0.2) is 0 Å². The van der Waals surface area contributed by atoms with Crippen LogP contribution in [-0.4, -0.2) is 29.6 Å². The van der Waals surface area contributed by atoms with Crippen molar-refractivity contribution in [3.8, 4) is 5.75 Å². The van der Waals surface area contributed by atoms with Crippen LogP contribution in [0.25, 0.3) is 6.08 Å². The molecule has 0 amide bonds. The number of phenols is 1. The molecule has 1 N–H and O–H groups in total. The van der Waals surface area contributed by atoms with Crippen LogP contribution in [-0.2, 0) is 0 Å². The Labute approximate surface area is 91.9 Å². The lowest BCUT2D eigenvalue weighted by Crippen LogP contribution is -2.22. The molecule has 82 valence electrons. The fourth-order valence-electron chi connectivity index (χ4n) is 1.41. The molecule has 0 saturated carbocycles. The molecule has 0 unspecified atom stereocenters. The van der Waals surface area contributed by atoms with E-state index in [4.69, 9.17) is 5.11 Å². The second-order valence-corrected chi connectivity index (χ2v) is 3.48. The van der Waals surface area contributed by atoms with Crippen molar-refractivity contribution in [2.75, 3.05) is 19.6 Å². The second-order valence-electron chi connectivity index (χ2n) is 3.48. The number of nitrogens with zero attached hydrogens (tertiary/aromatic N) is 1. The summed E-state index contributed by atoms with van der Waals surface area (Å²) in [6.45, 7) is 7.47. The molecular weight excluding hydrogens is 186 g/mol. The first-order chi connectivity index (χ1) is 7.26. The quantitative estimate of drug-likeness (QED) is 0.799. The van der Waals surface area contributed by atoms with Gasteiger partial charge < -0.3 is 10.0 Å². The maximum absolute atomic E-state index is 9.11. The maximum Gasteiger partial charge on any atom is 0.115 e. The zero-order valence-corrected chi connectivity index (χ0v) is 9.48. The Morgan fingerprint density at radius 2 is 1.73 bits per heavy atom. The first kappa shape index (κ1) is 11.8. The van der Waals surface area contributed by atoms with E-state index in [0.717, 1.165) is 25.2 Å². The highest BCUT2D eigenvalue weighted by atomic mass is 16.3. The molecule has 0 spiro atoms. The summed E-state index contributed by atoms with van der Waals surface area (Å²) >= 11 is 0. The summed E-state index contributed by atoms with van der Waals surface area (Å²) in [5.41, 5.74) is 1.12. The smallest absolute Gasteiger partial charge is 0.115 e. The molecule has 0 atom stereocenters. The van der Waals surface area contributed by atoms with E-state index >= 15 is 0 Å². The Balaban J connectivity index is 2.47. The van der Waals surface area contributed by atoms with Gasteiger partial charge in [0, 0.05) is 6.54 Å². The summed E-state index contributed by atoms with van der Waals surface area (Å²) in [7, 11) is 0. The third-order valence-electron chi connectivity index (χ3n) is 2.46. The largest absolute Gasteiger partial charge is 0.508 e. The van der Waals surface area contributed by atoms with Gasteiger partial charge >= 0.3 is 0 Å². The molecule has 0 saturated heterocycles. The maximum atomic E-state index is 9.11. The number of benzene rings is 1. The van der Waals surface area contributed by atoms with Gasteiger partial charge in [-0.15, -0.1) is 0 Å². The molecule has 0 aliphatic rings. The van der Waals surface area contributed by atoms with Crippen molar-refractivity contribution in [2.45, 2.75) is 13.8 Å². The van der Waals surface area contributed by atoms with Gasteiger partial charge in [-0.05, 0) is 30.8 Å². The number of rotatable bonds is 5. The third kappa shape index (κ3) is 4.17. The summed E-state index contributed by atoms with van der Waals surface area (Å²) in [4.78, 5) is 2.34. The molecule has 0 aliphatic heterocycles. The van der Waals surface area contributed by atoms with Crippen molar-refractivity contribution in [1.29, 1.82) is 0 Å². The number of phenolic OH excluding ortho intramolecular Hbond substituents is 1. The van der Waals surface area contributed by atoms with Crippen LogP contribution in [0.1, 0.15) is 19.4 Å². The molecule has 15 heavy (non-hydrogen) atoms. The highest BCUT2D eigenvalue weighted by molar-refractivity contribution is 5.50. The number of aromatic hydroxyl groups is 1. The Morgan fingerprint density at radius 3 is 2.27 bits per heavy atom. The first-order valence-electron chi connectivity index (χ1n) is 5.44. The van der Waals surface area contributed by atoms with Gasteiger partial charge in [0.05, 0.1) is 0 Å². The second kappa shape index (κ2) is 6.25. The topological polar surface area (TPSA) is 23.5 Å². The van der Waals surface area contributed by atoms with Gasteiger partial charge in [0.2, 0.25) is 0 Å². The Kier molecular flexibility index (Phi) is 4.91. The predicted octanol–water partition coefficient (Wildman–Crippen LogP) is 2.75. The van der Waals surface area contributed by atoms with Gasteiger partial charge in [-0.2, -0.15) is 0 Å². The molecule has 1 rings (SSSR count). The van der Waals surface area contributed by atoms with Gasteiger partial charge in [-0.25, -0.2) is 0 Å². The van der Waals surface area contributed by atoms with Crippen molar-refractivity contribution in [2.24, 2.45) is 0 Å². The van der Waals surface area contributed by atoms with Crippen LogP contribution < -0.4 is 0 Å². The van der Waals surface area contributed by atoms with Crippen molar-refractivity contribution >= 4 is 6.08 Å². The van der Waals surface area contributed by atoms with E-state index in [2.05, 4.69) is 30.9 Å². The summed E-state index contributed by atoms with van der Waals surface area (Å²) in [5, 5.41) is 9.11. The minimum atomic E-state index is 0.316. The fourth-order valence-corrected chi connectivity index (χ4v) is 1.41. The van der Waals surface area contributed by atoms with Gasteiger partial charge in [0.1, 0.15) is 5.75 Å². The normalized spacial score (nSPS) is 11.4. The number of hydrogen-bond acceptors (Lipinski definition) is 2. The molecule has 2 heteroatoms. The van der Waals surface area contributed by atoms with E-state index < -0.39 is 0 Å². The van der Waals surface area contributed by atoms with E-state index in [1.165, 1.54) is 0 Å². The van der Waals surface area contributed by atoms with Gasteiger partial charge in [-0.1, -0.05) is 38.1 Å². The minimum Gasteiger partial charge on any atom is -0.508 e. The molecule has 0 radical (unpaired) electrons. The van der Waals surface area contributed by atoms with Gasteiger partial charge in [0.25, 0.3) is 0 Å². The van der Waals surface area contributed by atoms with Crippen LogP contribution in [0.3, 0.4) is 0 Å². The zero-order valence-electron chi connectivity index (χ0n) is 9.48. The van der Waals surface area contributed by atoms with Crippen molar-refractivity contribution in [3.63, 3.8) is 0 Å². The fraction of sp³-hybridized carbons (Fsp3) is 0.385. The molecule has 1 aromatic rings. The van der Waals surface area contributed by atoms with Crippen LogP contribution in [0.15, 0.2) is 30.3 Å². The molecule has 0 heterocycles. The molecule has 0 aliphatic carbocycles. The molecule has 0 fully saturated rings. The molecular formula is C13H19NO. The van der Waals surface area contributed by atoms with Crippen molar-refractivity contribution in [1.82, 2.24) is 4.90 Å². The van der Waals surface area contributed by atoms with E-state index in [1.807, 2.05) is 12.1 Å². The predicted molar refractivity (Wildman–Crippen MR) is 64.9 cm³/mol.